The Kier molecular flexibility index (Phi) is 6.85. The number of hydrogen-bond acceptors (Lipinski definition) is 5. The lowest BCUT2D eigenvalue weighted by Crippen LogP contribution is -2.38. The molecule has 0 radical (unpaired) electrons. The van der Waals surface area contributed by atoms with Gasteiger partial charge in [-0.15, -0.1) is 0 Å². The molecule has 8 nitrogen and oxygen atoms in total. The number of amides is 1. The highest BCUT2D eigenvalue weighted by Gasteiger charge is 2.26. The molecule has 1 aliphatic rings. The molecule has 33 heavy (non-hydrogen) atoms. The molecule has 1 fully saturated rings. The van der Waals surface area contributed by atoms with E-state index in [1.165, 1.54) is 6.07 Å². The van der Waals surface area contributed by atoms with Gasteiger partial charge in [-0.1, -0.05) is 47.7 Å². The van der Waals surface area contributed by atoms with Crippen LogP contribution in [0.15, 0.2) is 41.4 Å². The number of aliphatic imine (C=N–C) groups is 1. The minimum Gasteiger partial charge on any atom is -0.370 e. The number of anilines is 2. The number of hydrogen-bond donors (Lipinski definition) is 4. The number of nitrogens with one attached hydrogen (secondary N) is 2. The van der Waals surface area contributed by atoms with Gasteiger partial charge in [-0.2, -0.15) is 4.98 Å². The Morgan fingerprint density at radius 1 is 1.09 bits per heavy atom. The highest BCUT2D eigenvalue weighted by Crippen LogP contribution is 2.29. The zero-order chi connectivity index (χ0) is 23.5. The smallest absolute Gasteiger partial charge is 0.259 e. The second kappa shape index (κ2) is 9.80. The molecule has 172 valence electrons. The van der Waals surface area contributed by atoms with Gasteiger partial charge in [0.05, 0.1) is 28.2 Å². The molecule has 2 aromatic carbocycles. The summed E-state index contributed by atoms with van der Waals surface area (Å²) in [5, 5.41) is 7.81. The topological polar surface area (TPSA) is 131 Å². The third-order valence-electron chi connectivity index (χ3n) is 5.62. The van der Waals surface area contributed by atoms with Crippen LogP contribution in [0.5, 0.6) is 0 Å². The minimum atomic E-state index is -0.426. The fourth-order valence-corrected chi connectivity index (χ4v) is 4.55. The number of nitrogens with two attached hydrogens (primary N) is 2. The van der Waals surface area contributed by atoms with Gasteiger partial charge in [0.15, 0.2) is 5.96 Å². The van der Waals surface area contributed by atoms with E-state index in [0.717, 1.165) is 36.6 Å². The lowest BCUT2D eigenvalue weighted by atomic mass is 9.90. The van der Waals surface area contributed by atoms with Crippen molar-refractivity contribution < 1.29 is 4.79 Å². The lowest BCUT2D eigenvalue weighted by Gasteiger charge is -2.30. The van der Waals surface area contributed by atoms with Crippen LogP contribution < -0.4 is 22.1 Å². The van der Waals surface area contributed by atoms with Crippen molar-refractivity contribution in [2.75, 3.05) is 10.6 Å². The fraction of sp³-hybridized carbons (Fsp3) is 0.304. The maximum absolute atomic E-state index is 12.8. The van der Waals surface area contributed by atoms with E-state index in [1.807, 2.05) is 25.1 Å². The number of benzene rings is 2. The Morgan fingerprint density at radius 3 is 2.64 bits per heavy atom. The maximum Gasteiger partial charge on any atom is 0.259 e. The molecule has 1 aromatic heterocycles. The second-order valence-corrected chi connectivity index (χ2v) is 8.99. The summed E-state index contributed by atoms with van der Waals surface area (Å²) in [7, 11) is 0. The molecule has 0 bridgehead atoms. The van der Waals surface area contributed by atoms with Crippen LogP contribution in [-0.4, -0.2) is 33.9 Å². The maximum atomic E-state index is 12.8. The van der Waals surface area contributed by atoms with Crippen molar-refractivity contribution in [1.82, 2.24) is 9.97 Å². The minimum absolute atomic E-state index is 0.00808. The molecule has 3 aromatic rings. The molecule has 1 saturated carbocycles. The molecule has 10 heteroatoms. The van der Waals surface area contributed by atoms with E-state index in [2.05, 4.69) is 25.6 Å². The predicted octanol–water partition coefficient (Wildman–Crippen LogP) is 4.49. The lowest BCUT2D eigenvalue weighted by molar-refractivity contribution is 0.102. The zero-order valence-corrected chi connectivity index (χ0v) is 19.6. The van der Waals surface area contributed by atoms with E-state index in [-0.39, 0.29) is 34.6 Å². The first kappa shape index (κ1) is 23.1. The van der Waals surface area contributed by atoms with Crippen LogP contribution in [0, 0.1) is 6.92 Å². The third-order valence-corrected chi connectivity index (χ3v) is 6.17. The first-order chi connectivity index (χ1) is 15.8. The van der Waals surface area contributed by atoms with Crippen molar-refractivity contribution >= 4 is 57.7 Å². The molecule has 1 amide bonds. The molecule has 0 spiro atoms. The van der Waals surface area contributed by atoms with Crippen LogP contribution in [0.1, 0.15) is 41.6 Å². The molecule has 4 rings (SSSR count). The van der Waals surface area contributed by atoms with Crippen molar-refractivity contribution in [3.63, 3.8) is 0 Å². The van der Waals surface area contributed by atoms with E-state index in [9.17, 15) is 4.79 Å². The molecule has 0 saturated heterocycles. The number of nitrogens with zero attached hydrogens (tertiary/aromatic N) is 3. The highest BCUT2D eigenvalue weighted by molar-refractivity contribution is 6.37. The molecular formula is C23H25Cl2N7O. The number of carbonyl (C=O) groups excluding carboxylic acids is 1. The predicted molar refractivity (Wildman–Crippen MR) is 134 cm³/mol. The van der Waals surface area contributed by atoms with E-state index < -0.39 is 5.91 Å². The molecular weight excluding hydrogens is 461 g/mol. The Labute approximate surface area is 201 Å². The first-order valence-electron chi connectivity index (χ1n) is 10.7. The summed E-state index contributed by atoms with van der Waals surface area (Å²) in [6.07, 6.45) is 3.92. The molecule has 2 unspecified atom stereocenters. The number of carbonyl (C=O) groups is 1. The van der Waals surface area contributed by atoms with Gasteiger partial charge >= 0.3 is 0 Å². The van der Waals surface area contributed by atoms with E-state index >= 15 is 0 Å². The average Bonchev–Trinajstić information content (AvgIpc) is 2.75. The Balaban J connectivity index is 1.68. The van der Waals surface area contributed by atoms with Gasteiger partial charge in [-0.05, 0) is 50.1 Å². The van der Waals surface area contributed by atoms with Crippen molar-refractivity contribution in [2.24, 2.45) is 16.5 Å². The fourth-order valence-electron chi connectivity index (χ4n) is 4.05. The number of guanidine groups is 1. The number of aryl methyl sites for hydroxylation is 1. The Bertz CT molecular complexity index is 1230. The molecule has 1 heterocycles. The number of aromatic nitrogens is 2. The van der Waals surface area contributed by atoms with Crippen molar-refractivity contribution in [3.8, 4) is 0 Å². The van der Waals surface area contributed by atoms with E-state index in [0.29, 0.717) is 16.4 Å². The Hall–Kier alpha value is -3.10. The normalized spacial score (nSPS) is 18.0. The van der Waals surface area contributed by atoms with E-state index in [1.54, 1.807) is 12.1 Å². The summed E-state index contributed by atoms with van der Waals surface area (Å²) in [4.78, 5) is 26.4. The largest absolute Gasteiger partial charge is 0.370 e. The van der Waals surface area contributed by atoms with Crippen molar-refractivity contribution in [3.05, 3.63) is 57.6 Å². The van der Waals surface area contributed by atoms with Gasteiger partial charge < -0.3 is 16.8 Å². The molecule has 2 atom stereocenters. The van der Waals surface area contributed by atoms with Crippen LogP contribution in [0.4, 0.5) is 11.8 Å². The second-order valence-electron chi connectivity index (χ2n) is 8.15. The van der Waals surface area contributed by atoms with Crippen LogP contribution in [0.25, 0.3) is 10.9 Å². The first-order valence-corrected chi connectivity index (χ1v) is 11.5. The zero-order valence-electron chi connectivity index (χ0n) is 18.1. The standard InChI is InChI=1S/C23H25Cl2N7O/c1-12-6-9-17-15(10-12)20(28-18-4-2-3-5-19(18)29-22(26)27)31-23(30-17)32-21(33)14-8-7-13(24)11-16(14)25/h6-11,18-19H,2-5H2,1H3,(H4,26,27,29)(H2,28,30,31,32,33). The van der Waals surface area contributed by atoms with Gasteiger partial charge in [-0.25, -0.2) is 9.98 Å². The van der Waals surface area contributed by atoms with Gasteiger partial charge in [-0.3, -0.25) is 10.1 Å². The monoisotopic (exact) mass is 485 g/mol. The summed E-state index contributed by atoms with van der Waals surface area (Å²) >= 11 is 12.1. The van der Waals surface area contributed by atoms with Crippen LogP contribution in [0.3, 0.4) is 0 Å². The SMILES string of the molecule is Cc1ccc2nc(NC(=O)c3ccc(Cl)cc3Cl)nc(NC3CCCCC3N=C(N)N)c2c1. The van der Waals surface area contributed by atoms with Crippen molar-refractivity contribution in [2.45, 2.75) is 44.7 Å². The summed E-state index contributed by atoms with van der Waals surface area (Å²) < 4.78 is 0. The summed E-state index contributed by atoms with van der Waals surface area (Å²) in [5.41, 5.74) is 13.4. The number of halogens is 2. The summed E-state index contributed by atoms with van der Waals surface area (Å²) in [5.74, 6) is 0.429. The average molecular weight is 486 g/mol. The quantitative estimate of drug-likeness (QED) is 0.310. The number of fused-ring (bicyclic) bond motifs is 1. The van der Waals surface area contributed by atoms with Gasteiger partial charge in [0.25, 0.3) is 5.91 Å². The van der Waals surface area contributed by atoms with Gasteiger partial charge in [0, 0.05) is 10.4 Å². The van der Waals surface area contributed by atoms with Gasteiger partial charge in [0.2, 0.25) is 5.95 Å². The molecule has 6 N–H and O–H groups in total. The molecule has 1 aliphatic carbocycles. The number of rotatable bonds is 5. The van der Waals surface area contributed by atoms with Crippen LogP contribution in [0.2, 0.25) is 10.0 Å². The highest BCUT2D eigenvalue weighted by atomic mass is 35.5. The van der Waals surface area contributed by atoms with Crippen LogP contribution >= 0.6 is 23.2 Å². The van der Waals surface area contributed by atoms with Crippen molar-refractivity contribution in [1.29, 1.82) is 0 Å². The molecule has 0 aliphatic heterocycles. The third kappa shape index (κ3) is 5.46. The summed E-state index contributed by atoms with van der Waals surface area (Å²) in [6, 6.07) is 10.5. The van der Waals surface area contributed by atoms with E-state index in [4.69, 9.17) is 34.7 Å². The van der Waals surface area contributed by atoms with Gasteiger partial charge in [0.1, 0.15) is 5.82 Å². The van der Waals surface area contributed by atoms with Crippen LogP contribution in [-0.2, 0) is 0 Å². The summed E-state index contributed by atoms with van der Waals surface area (Å²) in [6.45, 7) is 2.00. The Morgan fingerprint density at radius 2 is 1.88 bits per heavy atom.